The first kappa shape index (κ1) is 14.0. The molecule has 2 rings (SSSR count). The van der Waals surface area contributed by atoms with Gasteiger partial charge in [-0.15, -0.1) is 0 Å². The van der Waals surface area contributed by atoms with E-state index in [1.807, 2.05) is 24.4 Å². The molecule has 0 radical (unpaired) electrons. The molecule has 0 unspecified atom stereocenters. The van der Waals surface area contributed by atoms with Crippen LogP contribution in [0.5, 0.6) is 0 Å². The SMILES string of the molecule is CNC(=O)[C@H]1CN(C)CCN(Cc2ccccn2)C1. The maximum atomic E-state index is 11.9. The molecule has 1 fully saturated rings. The molecule has 1 aromatic rings. The molecule has 0 aromatic carbocycles. The third-order valence-corrected chi connectivity index (χ3v) is 3.54. The molecule has 1 amide bonds. The van der Waals surface area contributed by atoms with Crippen molar-refractivity contribution in [3.05, 3.63) is 30.1 Å². The minimum absolute atomic E-state index is 0.0289. The molecule has 0 aliphatic carbocycles. The van der Waals surface area contributed by atoms with Crippen LogP contribution in [0.3, 0.4) is 0 Å². The summed E-state index contributed by atoms with van der Waals surface area (Å²) in [6.07, 6.45) is 1.81. The van der Waals surface area contributed by atoms with Crippen molar-refractivity contribution < 1.29 is 4.79 Å². The Labute approximate surface area is 114 Å². The first-order chi connectivity index (χ1) is 9.19. The largest absolute Gasteiger partial charge is 0.359 e. The predicted molar refractivity (Wildman–Crippen MR) is 74.6 cm³/mol. The number of likely N-dealkylation sites (N-methyl/N-ethyl adjacent to an activating group) is 1. The number of amides is 1. The lowest BCUT2D eigenvalue weighted by Crippen LogP contribution is -2.39. The lowest BCUT2D eigenvalue weighted by atomic mass is 10.1. The summed E-state index contributed by atoms with van der Waals surface area (Å²) in [6, 6.07) is 5.96. The predicted octanol–water partition coefficient (Wildman–Crippen LogP) is 0.191. The Morgan fingerprint density at radius 2 is 2.26 bits per heavy atom. The van der Waals surface area contributed by atoms with Gasteiger partial charge < -0.3 is 10.2 Å². The highest BCUT2D eigenvalue weighted by atomic mass is 16.1. The van der Waals surface area contributed by atoms with E-state index in [0.717, 1.165) is 38.4 Å². The second-order valence-corrected chi connectivity index (χ2v) is 5.13. The third kappa shape index (κ3) is 4.01. The minimum Gasteiger partial charge on any atom is -0.359 e. The Morgan fingerprint density at radius 3 is 2.95 bits per heavy atom. The second kappa shape index (κ2) is 6.63. The maximum absolute atomic E-state index is 11.9. The zero-order chi connectivity index (χ0) is 13.7. The average Bonchev–Trinajstić information content (AvgIpc) is 2.61. The van der Waals surface area contributed by atoms with Gasteiger partial charge >= 0.3 is 0 Å². The molecule has 1 aromatic heterocycles. The first-order valence-electron chi connectivity index (χ1n) is 6.71. The van der Waals surface area contributed by atoms with Gasteiger partial charge in [-0.2, -0.15) is 0 Å². The van der Waals surface area contributed by atoms with Gasteiger partial charge in [0.2, 0.25) is 5.91 Å². The van der Waals surface area contributed by atoms with Crippen molar-refractivity contribution in [3.63, 3.8) is 0 Å². The molecule has 0 saturated carbocycles. The minimum atomic E-state index is 0.0289. The van der Waals surface area contributed by atoms with E-state index in [2.05, 4.69) is 27.1 Å². The second-order valence-electron chi connectivity index (χ2n) is 5.13. The quantitative estimate of drug-likeness (QED) is 0.845. The number of rotatable bonds is 3. The van der Waals surface area contributed by atoms with Gasteiger partial charge in [0, 0.05) is 46.0 Å². The van der Waals surface area contributed by atoms with Crippen molar-refractivity contribution >= 4 is 5.91 Å². The van der Waals surface area contributed by atoms with Crippen molar-refractivity contribution in [1.82, 2.24) is 20.1 Å². The normalized spacial score (nSPS) is 21.9. The molecule has 1 saturated heterocycles. The fourth-order valence-corrected chi connectivity index (χ4v) is 2.47. The number of pyridine rings is 1. The highest BCUT2D eigenvalue weighted by Crippen LogP contribution is 2.11. The number of hydrogen-bond donors (Lipinski definition) is 1. The fourth-order valence-electron chi connectivity index (χ4n) is 2.47. The molecule has 0 spiro atoms. The van der Waals surface area contributed by atoms with Crippen LogP contribution < -0.4 is 5.32 Å². The van der Waals surface area contributed by atoms with Gasteiger partial charge in [-0.05, 0) is 19.2 Å². The van der Waals surface area contributed by atoms with Crippen LogP contribution in [0, 0.1) is 5.92 Å². The maximum Gasteiger partial charge on any atom is 0.225 e. The topological polar surface area (TPSA) is 48.5 Å². The lowest BCUT2D eigenvalue weighted by Gasteiger charge is -2.22. The standard InChI is InChI=1S/C14H22N4O/c1-15-14(19)12-9-17(2)7-8-18(10-12)11-13-5-3-4-6-16-13/h3-6,12H,7-11H2,1-2H3,(H,15,19)/t12-/m0/s1. The van der Waals surface area contributed by atoms with Crippen LogP contribution in [0.2, 0.25) is 0 Å². The molecule has 5 nitrogen and oxygen atoms in total. The van der Waals surface area contributed by atoms with Crippen LogP contribution >= 0.6 is 0 Å². The van der Waals surface area contributed by atoms with Crippen LogP contribution in [0.25, 0.3) is 0 Å². The summed E-state index contributed by atoms with van der Waals surface area (Å²) in [5.74, 6) is 0.154. The fraction of sp³-hybridized carbons (Fsp3) is 0.571. The molecular weight excluding hydrogens is 240 g/mol. The van der Waals surface area contributed by atoms with Crippen LogP contribution in [0.1, 0.15) is 5.69 Å². The van der Waals surface area contributed by atoms with Crippen molar-refractivity contribution in [2.45, 2.75) is 6.54 Å². The van der Waals surface area contributed by atoms with E-state index in [9.17, 15) is 4.79 Å². The van der Waals surface area contributed by atoms with Crippen molar-refractivity contribution in [2.24, 2.45) is 5.92 Å². The zero-order valence-electron chi connectivity index (χ0n) is 11.7. The van der Waals surface area contributed by atoms with E-state index in [1.54, 1.807) is 7.05 Å². The van der Waals surface area contributed by atoms with E-state index in [0.29, 0.717) is 0 Å². The van der Waals surface area contributed by atoms with Crippen LogP contribution in [-0.4, -0.2) is 61.0 Å². The van der Waals surface area contributed by atoms with Crippen LogP contribution in [0.15, 0.2) is 24.4 Å². The summed E-state index contributed by atoms with van der Waals surface area (Å²) < 4.78 is 0. The Morgan fingerprint density at radius 1 is 1.42 bits per heavy atom. The van der Waals surface area contributed by atoms with Gasteiger partial charge in [-0.3, -0.25) is 14.7 Å². The van der Waals surface area contributed by atoms with Crippen molar-refractivity contribution in [3.8, 4) is 0 Å². The number of carbonyl (C=O) groups is 1. The molecule has 2 heterocycles. The first-order valence-corrected chi connectivity index (χ1v) is 6.71. The van der Waals surface area contributed by atoms with E-state index in [4.69, 9.17) is 0 Å². The summed E-state index contributed by atoms with van der Waals surface area (Å²) in [5.41, 5.74) is 1.06. The van der Waals surface area contributed by atoms with Crippen LogP contribution in [-0.2, 0) is 11.3 Å². The smallest absolute Gasteiger partial charge is 0.225 e. The van der Waals surface area contributed by atoms with Gasteiger partial charge in [-0.1, -0.05) is 6.07 Å². The van der Waals surface area contributed by atoms with E-state index < -0.39 is 0 Å². The number of nitrogens with zero attached hydrogens (tertiary/aromatic N) is 3. The summed E-state index contributed by atoms with van der Waals surface area (Å²) in [7, 11) is 3.77. The van der Waals surface area contributed by atoms with Gasteiger partial charge in [0.25, 0.3) is 0 Å². The number of aromatic nitrogens is 1. The summed E-state index contributed by atoms with van der Waals surface area (Å²) in [4.78, 5) is 20.8. The highest BCUT2D eigenvalue weighted by molar-refractivity contribution is 5.78. The highest BCUT2D eigenvalue weighted by Gasteiger charge is 2.25. The van der Waals surface area contributed by atoms with Gasteiger partial charge in [0.05, 0.1) is 11.6 Å². The number of hydrogen-bond acceptors (Lipinski definition) is 4. The van der Waals surface area contributed by atoms with Gasteiger partial charge in [0.15, 0.2) is 0 Å². The Kier molecular flexibility index (Phi) is 4.87. The van der Waals surface area contributed by atoms with Crippen molar-refractivity contribution in [1.29, 1.82) is 0 Å². The number of carbonyl (C=O) groups excluding carboxylic acids is 1. The number of nitrogens with one attached hydrogen (secondary N) is 1. The summed E-state index contributed by atoms with van der Waals surface area (Å²) in [5, 5.41) is 2.76. The molecule has 0 bridgehead atoms. The molecule has 1 aliphatic rings. The summed E-state index contributed by atoms with van der Waals surface area (Å²) in [6.45, 7) is 4.38. The molecule has 1 aliphatic heterocycles. The molecule has 5 heteroatoms. The Balaban J connectivity index is 2.02. The molecular formula is C14H22N4O. The molecule has 1 N–H and O–H groups in total. The van der Waals surface area contributed by atoms with Gasteiger partial charge in [0.1, 0.15) is 0 Å². The van der Waals surface area contributed by atoms with Crippen LogP contribution in [0.4, 0.5) is 0 Å². The average molecular weight is 262 g/mol. The molecule has 104 valence electrons. The van der Waals surface area contributed by atoms with E-state index >= 15 is 0 Å². The molecule has 1 atom stereocenters. The van der Waals surface area contributed by atoms with Gasteiger partial charge in [-0.25, -0.2) is 0 Å². The molecule has 19 heavy (non-hydrogen) atoms. The van der Waals surface area contributed by atoms with Crippen molar-refractivity contribution in [2.75, 3.05) is 40.3 Å². The monoisotopic (exact) mass is 262 g/mol. The lowest BCUT2D eigenvalue weighted by molar-refractivity contribution is -0.125. The van der Waals surface area contributed by atoms with E-state index in [-0.39, 0.29) is 11.8 Å². The third-order valence-electron chi connectivity index (χ3n) is 3.54. The zero-order valence-corrected chi connectivity index (χ0v) is 11.7. The summed E-state index contributed by atoms with van der Waals surface area (Å²) >= 11 is 0. The van der Waals surface area contributed by atoms with E-state index in [1.165, 1.54) is 0 Å². The Hall–Kier alpha value is -1.46. The Bertz CT molecular complexity index is 409.